The number of amides is 1. The van der Waals surface area contributed by atoms with E-state index < -0.39 is 0 Å². The molecule has 0 aliphatic carbocycles. The molecule has 0 bridgehead atoms. The number of nitrogens with zero attached hydrogens (tertiary/aromatic N) is 1. The fourth-order valence-corrected chi connectivity index (χ4v) is 1.45. The molecule has 1 amide bonds. The highest BCUT2D eigenvalue weighted by molar-refractivity contribution is 5.78. The summed E-state index contributed by atoms with van der Waals surface area (Å²) in [6, 6.07) is 0. The zero-order chi connectivity index (χ0) is 12.1. The summed E-state index contributed by atoms with van der Waals surface area (Å²) >= 11 is 0. The lowest BCUT2D eigenvalue weighted by molar-refractivity contribution is -0.124. The van der Waals surface area contributed by atoms with Crippen LogP contribution in [0, 0.1) is 19.8 Å². The lowest BCUT2D eigenvalue weighted by Gasteiger charge is -2.09. The molecule has 3 N–H and O–H groups in total. The molecule has 0 aliphatic rings. The summed E-state index contributed by atoms with van der Waals surface area (Å²) in [5.41, 5.74) is 7.36. The Morgan fingerprint density at radius 2 is 2.25 bits per heavy atom. The number of hydrogen-bond donors (Lipinski definition) is 2. The van der Waals surface area contributed by atoms with Gasteiger partial charge in [-0.05, 0) is 20.3 Å². The van der Waals surface area contributed by atoms with Crippen molar-refractivity contribution < 1.29 is 9.32 Å². The minimum Gasteiger partial charge on any atom is -0.361 e. The second kappa shape index (κ2) is 5.65. The monoisotopic (exact) mass is 225 g/mol. The van der Waals surface area contributed by atoms with E-state index in [4.69, 9.17) is 10.3 Å². The largest absolute Gasteiger partial charge is 0.361 e. The van der Waals surface area contributed by atoms with Gasteiger partial charge in [0.1, 0.15) is 5.76 Å². The lowest BCUT2D eigenvalue weighted by atomic mass is 10.1. The Labute approximate surface area is 95.4 Å². The molecular formula is C11H19N3O2. The Bertz CT molecular complexity index is 341. The first kappa shape index (κ1) is 12.7. The van der Waals surface area contributed by atoms with Crippen LogP contribution in [0.4, 0.5) is 0 Å². The van der Waals surface area contributed by atoms with Gasteiger partial charge >= 0.3 is 0 Å². The molecule has 1 atom stereocenters. The molecule has 16 heavy (non-hydrogen) atoms. The number of rotatable bonds is 5. The predicted molar refractivity (Wildman–Crippen MR) is 60.9 cm³/mol. The maximum atomic E-state index is 11.4. The zero-order valence-corrected chi connectivity index (χ0v) is 10.0. The summed E-state index contributed by atoms with van der Waals surface area (Å²) in [5, 5.41) is 6.70. The molecule has 1 heterocycles. The molecule has 0 aliphatic heterocycles. The summed E-state index contributed by atoms with van der Waals surface area (Å²) in [4.78, 5) is 11.4. The smallest absolute Gasteiger partial charge is 0.224 e. The third-order valence-corrected chi connectivity index (χ3v) is 2.66. The quantitative estimate of drug-likeness (QED) is 0.766. The number of aromatic nitrogens is 1. The van der Waals surface area contributed by atoms with Crippen LogP contribution in [-0.4, -0.2) is 24.2 Å². The lowest BCUT2D eigenvalue weighted by Crippen LogP contribution is -2.34. The van der Waals surface area contributed by atoms with E-state index in [0.717, 1.165) is 23.4 Å². The highest BCUT2D eigenvalue weighted by Gasteiger charge is 2.12. The average molecular weight is 225 g/mol. The number of carbonyl (C=O) groups excluding carboxylic acids is 1. The Morgan fingerprint density at radius 3 is 2.75 bits per heavy atom. The van der Waals surface area contributed by atoms with Crippen molar-refractivity contribution in [2.45, 2.75) is 27.2 Å². The van der Waals surface area contributed by atoms with Crippen LogP contribution in [0.25, 0.3) is 0 Å². The van der Waals surface area contributed by atoms with Crippen molar-refractivity contribution >= 4 is 5.91 Å². The first-order valence-electron chi connectivity index (χ1n) is 5.45. The standard InChI is InChI=1S/C11H19N3O2/c1-7(6-12)11(15)13-5-4-10-8(2)14-16-9(10)3/h7H,4-6,12H2,1-3H3,(H,13,15). The summed E-state index contributed by atoms with van der Waals surface area (Å²) in [7, 11) is 0. The molecule has 0 saturated carbocycles. The Balaban J connectivity index is 2.39. The van der Waals surface area contributed by atoms with Crippen LogP contribution in [-0.2, 0) is 11.2 Å². The predicted octanol–water partition coefficient (Wildman–Crippen LogP) is 0.545. The van der Waals surface area contributed by atoms with Crippen LogP contribution in [0.1, 0.15) is 23.9 Å². The van der Waals surface area contributed by atoms with Gasteiger partial charge < -0.3 is 15.6 Å². The van der Waals surface area contributed by atoms with Gasteiger partial charge in [-0.2, -0.15) is 0 Å². The first-order valence-corrected chi connectivity index (χ1v) is 5.45. The van der Waals surface area contributed by atoms with Crippen molar-refractivity contribution in [2.75, 3.05) is 13.1 Å². The number of aryl methyl sites for hydroxylation is 2. The molecule has 1 aromatic heterocycles. The van der Waals surface area contributed by atoms with Gasteiger partial charge in [0.2, 0.25) is 5.91 Å². The number of nitrogens with one attached hydrogen (secondary N) is 1. The third-order valence-electron chi connectivity index (χ3n) is 2.66. The maximum absolute atomic E-state index is 11.4. The van der Waals surface area contributed by atoms with Crippen molar-refractivity contribution in [1.29, 1.82) is 0 Å². The minimum atomic E-state index is -0.135. The highest BCUT2D eigenvalue weighted by atomic mass is 16.5. The van der Waals surface area contributed by atoms with Crippen molar-refractivity contribution in [3.63, 3.8) is 0 Å². The van der Waals surface area contributed by atoms with E-state index in [2.05, 4.69) is 10.5 Å². The molecule has 0 saturated heterocycles. The van der Waals surface area contributed by atoms with E-state index in [9.17, 15) is 4.79 Å². The van der Waals surface area contributed by atoms with Gasteiger partial charge in [0.15, 0.2) is 0 Å². The van der Waals surface area contributed by atoms with E-state index in [0.29, 0.717) is 13.1 Å². The zero-order valence-electron chi connectivity index (χ0n) is 10.0. The van der Waals surface area contributed by atoms with Gasteiger partial charge in [-0.3, -0.25) is 4.79 Å². The van der Waals surface area contributed by atoms with Gasteiger partial charge in [0.25, 0.3) is 0 Å². The normalized spacial score (nSPS) is 12.5. The minimum absolute atomic E-state index is 0.00531. The van der Waals surface area contributed by atoms with Gasteiger partial charge in [-0.25, -0.2) is 0 Å². The van der Waals surface area contributed by atoms with Gasteiger partial charge in [-0.1, -0.05) is 12.1 Å². The van der Waals surface area contributed by atoms with Crippen molar-refractivity contribution in [1.82, 2.24) is 10.5 Å². The third kappa shape index (κ3) is 3.06. The summed E-state index contributed by atoms with van der Waals surface area (Å²) < 4.78 is 5.04. The fraction of sp³-hybridized carbons (Fsp3) is 0.636. The van der Waals surface area contributed by atoms with Crippen LogP contribution in [0.5, 0.6) is 0 Å². The van der Waals surface area contributed by atoms with E-state index in [1.165, 1.54) is 0 Å². The van der Waals surface area contributed by atoms with E-state index in [1.54, 1.807) is 0 Å². The Hall–Kier alpha value is -1.36. The topological polar surface area (TPSA) is 81.2 Å². The number of hydrogen-bond acceptors (Lipinski definition) is 4. The molecule has 0 spiro atoms. The molecule has 5 heteroatoms. The first-order chi connectivity index (χ1) is 7.56. The number of carbonyl (C=O) groups is 1. The molecule has 5 nitrogen and oxygen atoms in total. The molecule has 1 aromatic rings. The second-order valence-electron chi connectivity index (χ2n) is 3.98. The summed E-state index contributed by atoms with van der Waals surface area (Å²) in [6.07, 6.45) is 0.740. The maximum Gasteiger partial charge on any atom is 0.224 e. The second-order valence-corrected chi connectivity index (χ2v) is 3.98. The van der Waals surface area contributed by atoms with Gasteiger partial charge in [0.05, 0.1) is 5.69 Å². The Kier molecular flexibility index (Phi) is 4.49. The fourth-order valence-electron chi connectivity index (χ4n) is 1.45. The van der Waals surface area contributed by atoms with Crippen LogP contribution in [0.3, 0.4) is 0 Å². The van der Waals surface area contributed by atoms with Crippen LogP contribution < -0.4 is 11.1 Å². The summed E-state index contributed by atoms with van der Waals surface area (Å²) in [5.74, 6) is 0.678. The molecule has 0 aromatic carbocycles. The van der Waals surface area contributed by atoms with E-state index in [-0.39, 0.29) is 11.8 Å². The van der Waals surface area contributed by atoms with Crippen molar-refractivity contribution in [2.24, 2.45) is 11.7 Å². The summed E-state index contributed by atoms with van der Waals surface area (Å²) in [6.45, 7) is 6.55. The highest BCUT2D eigenvalue weighted by Crippen LogP contribution is 2.12. The number of nitrogens with two attached hydrogens (primary N) is 1. The van der Waals surface area contributed by atoms with E-state index in [1.807, 2.05) is 20.8 Å². The van der Waals surface area contributed by atoms with Crippen molar-refractivity contribution in [3.8, 4) is 0 Å². The van der Waals surface area contributed by atoms with Crippen LogP contribution in [0.2, 0.25) is 0 Å². The average Bonchev–Trinajstić information content (AvgIpc) is 2.59. The SMILES string of the molecule is Cc1noc(C)c1CCNC(=O)C(C)CN. The molecular weight excluding hydrogens is 206 g/mol. The Morgan fingerprint density at radius 1 is 1.56 bits per heavy atom. The molecule has 90 valence electrons. The molecule has 0 radical (unpaired) electrons. The van der Waals surface area contributed by atoms with Gasteiger partial charge in [0, 0.05) is 24.6 Å². The van der Waals surface area contributed by atoms with Gasteiger partial charge in [-0.15, -0.1) is 0 Å². The van der Waals surface area contributed by atoms with E-state index >= 15 is 0 Å². The molecule has 1 rings (SSSR count). The molecule has 0 fully saturated rings. The van der Waals surface area contributed by atoms with Crippen LogP contribution >= 0.6 is 0 Å². The molecule has 1 unspecified atom stereocenters. The van der Waals surface area contributed by atoms with Crippen molar-refractivity contribution in [3.05, 3.63) is 17.0 Å². The van der Waals surface area contributed by atoms with Crippen LogP contribution in [0.15, 0.2) is 4.52 Å².